The topological polar surface area (TPSA) is 43.1 Å². The Balaban J connectivity index is -0.00000000750. The zero-order valence-corrected chi connectivity index (χ0v) is 7.40. The minimum Gasteiger partial charge on any atom is -1.00 e. The van der Waals surface area contributed by atoms with E-state index < -0.39 is 4.92 Å². The zero-order chi connectivity index (χ0) is 3.58. The second-order valence-electron chi connectivity index (χ2n) is 0.440. The van der Waals surface area contributed by atoms with Crippen LogP contribution in [0.4, 0.5) is 0 Å². The molecule has 0 saturated carbocycles. The summed E-state index contributed by atoms with van der Waals surface area (Å²) in [4.78, 5) is 8.31. The first-order valence-electron chi connectivity index (χ1n) is 0.812. The quantitative estimate of drug-likeness (QED) is 0.218. The predicted octanol–water partition coefficient (Wildman–Crippen LogP) is -9.48. The van der Waals surface area contributed by atoms with E-state index in [1.807, 2.05) is 0 Å². The minimum atomic E-state index is -0.500. The van der Waals surface area contributed by atoms with Crippen LogP contribution in [0.3, 0.4) is 0 Å². The van der Waals surface area contributed by atoms with Crippen LogP contribution in [0.25, 0.3) is 0 Å². The Morgan fingerprint density at radius 1 is 1.25 bits per heavy atom. The van der Waals surface area contributed by atoms with Crippen LogP contribution in [-0.4, -0.2) is 29.3 Å². The molecule has 0 amide bonds. The summed E-state index contributed by atoms with van der Waals surface area (Å²) in [6.07, 6.45) is 0. The van der Waals surface area contributed by atoms with Gasteiger partial charge in [0, 0.05) is 4.92 Å². The summed E-state index contributed by atoms with van der Waals surface area (Å²) < 4.78 is 0. The molecule has 0 aromatic heterocycles. The molecule has 3 nitrogen and oxygen atoms in total. The van der Waals surface area contributed by atoms with E-state index in [4.69, 9.17) is 10.1 Å². The fourth-order valence-electron chi connectivity index (χ4n) is 0. The van der Waals surface area contributed by atoms with Crippen molar-refractivity contribution in [3.8, 4) is 0 Å². The van der Waals surface area contributed by atoms with Crippen molar-refractivity contribution in [3.63, 3.8) is 0 Å². The zero-order valence-electron chi connectivity index (χ0n) is 3.97. The summed E-state index contributed by atoms with van der Waals surface area (Å²) in [5.41, 5.74) is 0. The van der Waals surface area contributed by atoms with Crippen molar-refractivity contribution < 1.29 is 42.1 Å². The molecule has 7 heteroatoms. The molecule has 0 aromatic carbocycles. The summed E-state index contributed by atoms with van der Waals surface area (Å²) in [6, 6.07) is 0. The number of hydrogen-bond donors (Lipinski definition) is 0. The molecule has 0 bridgehead atoms. The second kappa shape index (κ2) is 25.0. The van der Waals surface area contributed by atoms with E-state index >= 15 is 0 Å². The van der Waals surface area contributed by atoms with E-state index in [2.05, 4.69) is 0 Å². The first-order chi connectivity index (χ1) is 1.73. The molecule has 0 spiro atoms. The maximum Gasteiger partial charge on any atom is 3.00 e. The number of nitrogens with zero attached hydrogens (tertiary/aromatic N) is 1. The largest absolute Gasteiger partial charge is 3.00 e. The van der Waals surface area contributed by atoms with Crippen LogP contribution in [0.5, 0.6) is 0 Å². The minimum absolute atomic E-state index is 0. The molecule has 0 rings (SSSR count). The van der Waals surface area contributed by atoms with Crippen LogP contribution >= 0.6 is 0 Å². The van der Waals surface area contributed by atoms with E-state index in [1.54, 1.807) is 0 Å². The van der Waals surface area contributed by atoms with Crippen molar-refractivity contribution in [1.82, 2.24) is 0 Å². The van der Waals surface area contributed by atoms with E-state index in [1.165, 1.54) is 0 Å². The summed E-state index contributed by atoms with van der Waals surface area (Å²) >= 11 is 0. The normalized spacial score (nSPS) is 3.12. The monoisotopic (exact) mass is 193 g/mol. The van der Waals surface area contributed by atoms with Crippen LogP contribution in [0.1, 0.15) is 0 Å². The van der Waals surface area contributed by atoms with Gasteiger partial charge in [-0.3, -0.25) is 10.1 Å². The number of rotatable bonds is 0. The van der Waals surface area contributed by atoms with E-state index in [0.29, 0.717) is 0 Å². The van der Waals surface area contributed by atoms with Crippen molar-refractivity contribution in [2.24, 2.45) is 0 Å². The SMILES string of the molecule is C[N+](=O)[O-].[Al+3].[Cl-].[Cl-].[Cl-]. The molecule has 0 N–H and O–H groups in total. The Hall–Kier alpha value is 0.802. The summed E-state index contributed by atoms with van der Waals surface area (Å²) in [5.74, 6) is 0. The van der Waals surface area contributed by atoms with Crippen molar-refractivity contribution in [2.75, 3.05) is 7.05 Å². The van der Waals surface area contributed by atoms with Gasteiger partial charge in [0.05, 0.1) is 0 Å². The molecule has 0 aliphatic carbocycles. The van der Waals surface area contributed by atoms with E-state index in [9.17, 15) is 0 Å². The summed E-state index contributed by atoms with van der Waals surface area (Å²) in [7, 11) is 0.889. The predicted molar refractivity (Wildman–Crippen MR) is 18.7 cm³/mol. The summed E-state index contributed by atoms with van der Waals surface area (Å²) in [6.45, 7) is 0. The smallest absolute Gasteiger partial charge is 1.00 e. The third-order valence-electron chi connectivity index (χ3n) is 0. The van der Waals surface area contributed by atoms with Crippen molar-refractivity contribution in [3.05, 3.63) is 10.1 Å². The first-order valence-corrected chi connectivity index (χ1v) is 0.812. The molecule has 0 saturated heterocycles. The van der Waals surface area contributed by atoms with Gasteiger partial charge in [-0.2, -0.15) is 0 Å². The molecule has 0 aromatic rings. The van der Waals surface area contributed by atoms with Gasteiger partial charge in [-0.1, -0.05) is 0 Å². The Kier molecular flexibility index (Phi) is 116. The standard InChI is InChI=1S/CH3NO2.Al.3ClH/c1-2(3)4;;;;/h1H3;;3*1H/q;+3;;;/p-3. The average molecular weight is 194 g/mol. The molecule has 48 valence electrons. The molecule has 0 atom stereocenters. The van der Waals surface area contributed by atoms with Gasteiger partial charge in [-0.05, 0) is 0 Å². The molecule has 0 heterocycles. The van der Waals surface area contributed by atoms with Gasteiger partial charge in [0.1, 0.15) is 0 Å². The van der Waals surface area contributed by atoms with Gasteiger partial charge < -0.3 is 37.2 Å². The van der Waals surface area contributed by atoms with E-state index in [0.717, 1.165) is 7.05 Å². The van der Waals surface area contributed by atoms with Crippen molar-refractivity contribution >= 4 is 17.4 Å². The Morgan fingerprint density at radius 3 is 1.25 bits per heavy atom. The van der Waals surface area contributed by atoms with Crippen LogP contribution in [0.15, 0.2) is 0 Å². The van der Waals surface area contributed by atoms with Crippen molar-refractivity contribution in [1.29, 1.82) is 0 Å². The average Bonchev–Trinajstić information content (AvgIpc) is 0.811. The molecular weight excluding hydrogens is 191 g/mol. The third kappa shape index (κ3) is 356. The molecule has 0 unspecified atom stereocenters. The maximum atomic E-state index is 8.81. The van der Waals surface area contributed by atoms with Gasteiger partial charge in [-0.15, -0.1) is 0 Å². The Bertz CT molecular complexity index is 40.3. The fraction of sp³-hybridized carbons (Fsp3) is 1.00. The summed E-state index contributed by atoms with van der Waals surface area (Å²) in [5, 5.41) is 8.81. The Labute approximate surface area is 76.7 Å². The second-order valence-corrected chi connectivity index (χ2v) is 0.440. The fourth-order valence-corrected chi connectivity index (χ4v) is 0. The van der Waals surface area contributed by atoms with E-state index in [-0.39, 0.29) is 54.6 Å². The van der Waals surface area contributed by atoms with Gasteiger partial charge in [0.2, 0.25) is 0 Å². The van der Waals surface area contributed by atoms with Gasteiger partial charge >= 0.3 is 17.4 Å². The van der Waals surface area contributed by atoms with Crippen LogP contribution in [0.2, 0.25) is 0 Å². The molecule has 0 fully saturated rings. The molecule has 0 aliphatic rings. The maximum absolute atomic E-state index is 8.81. The van der Waals surface area contributed by atoms with Crippen LogP contribution in [0, 0.1) is 10.1 Å². The Morgan fingerprint density at radius 2 is 1.25 bits per heavy atom. The van der Waals surface area contributed by atoms with Gasteiger partial charge in [-0.25, -0.2) is 0 Å². The van der Waals surface area contributed by atoms with Crippen molar-refractivity contribution in [2.45, 2.75) is 0 Å². The first kappa shape index (κ1) is 37.1. The number of halogens is 3. The molecular formula is CH3AlCl3NO2. The van der Waals surface area contributed by atoms with Gasteiger partial charge in [0.15, 0.2) is 7.05 Å². The molecule has 8 heavy (non-hydrogen) atoms. The van der Waals surface area contributed by atoms with Gasteiger partial charge in [0.25, 0.3) is 0 Å². The third-order valence-corrected chi connectivity index (χ3v) is 0. The molecule has 0 radical (unpaired) electrons. The molecule has 0 aliphatic heterocycles. The van der Waals surface area contributed by atoms with Crippen LogP contribution in [-0.2, 0) is 0 Å². The number of hydrogen-bond acceptors (Lipinski definition) is 2. The van der Waals surface area contributed by atoms with Crippen LogP contribution < -0.4 is 37.2 Å². The number of nitro groups is 1.